The average Bonchev–Trinajstić information content (AvgIpc) is 2.88. The Morgan fingerprint density at radius 3 is 2.11 bits per heavy atom. The van der Waals surface area contributed by atoms with Gasteiger partial charge < -0.3 is 5.11 Å². The van der Waals surface area contributed by atoms with Gasteiger partial charge in [0.15, 0.2) is 0 Å². The third-order valence-corrected chi connectivity index (χ3v) is 5.54. The van der Waals surface area contributed by atoms with E-state index in [2.05, 4.69) is 62.4 Å². The summed E-state index contributed by atoms with van der Waals surface area (Å²) in [5.74, 6) is 0.849. The number of fused-ring (bicyclic) bond motifs is 1. The first-order valence-corrected chi connectivity index (χ1v) is 9.84. The highest BCUT2D eigenvalue weighted by atomic mass is 16.3. The second-order valence-corrected chi connectivity index (χ2v) is 7.69. The van der Waals surface area contributed by atoms with Crippen LogP contribution in [0.5, 0.6) is 5.75 Å². The summed E-state index contributed by atoms with van der Waals surface area (Å²) in [6, 6.07) is 25.5. The third-order valence-electron chi connectivity index (χ3n) is 5.54. The van der Waals surface area contributed by atoms with Crippen LogP contribution in [0.1, 0.15) is 60.4 Å². The van der Waals surface area contributed by atoms with E-state index in [1.54, 1.807) is 12.1 Å². The normalized spacial score (nSPS) is 14.2. The Balaban J connectivity index is 1.94. The first kappa shape index (κ1) is 17.6. The van der Waals surface area contributed by atoms with E-state index in [1.165, 1.54) is 39.0 Å². The minimum Gasteiger partial charge on any atom is -0.508 e. The molecule has 0 bridgehead atoms. The molecule has 4 rings (SSSR count). The molecule has 0 spiro atoms. The van der Waals surface area contributed by atoms with E-state index in [1.807, 2.05) is 12.1 Å². The van der Waals surface area contributed by atoms with E-state index in [0.29, 0.717) is 11.7 Å². The van der Waals surface area contributed by atoms with Crippen LogP contribution in [0.4, 0.5) is 0 Å². The molecule has 0 aromatic heterocycles. The highest BCUT2D eigenvalue weighted by Gasteiger charge is 2.19. The molecule has 0 radical (unpaired) electrons. The summed E-state index contributed by atoms with van der Waals surface area (Å²) in [6.07, 6.45) is 3.28. The highest BCUT2D eigenvalue weighted by molar-refractivity contribution is 5.99. The van der Waals surface area contributed by atoms with Crippen molar-refractivity contribution >= 4 is 11.1 Å². The van der Waals surface area contributed by atoms with Gasteiger partial charge in [-0.25, -0.2) is 0 Å². The van der Waals surface area contributed by atoms with Crippen LogP contribution >= 0.6 is 0 Å². The van der Waals surface area contributed by atoms with Gasteiger partial charge in [0, 0.05) is 0 Å². The molecule has 1 nitrogen and oxygen atoms in total. The Kier molecular flexibility index (Phi) is 4.85. The second-order valence-electron chi connectivity index (χ2n) is 7.69. The zero-order chi connectivity index (χ0) is 18.8. The molecule has 27 heavy (non-hydrogen) atoms. The second kappa shape index (κ2) is 7.44. The fraction of sp³-hybridized carbons (Fsp3) is 0.231. The minimum absolute atomic E-state index is 0.316. The molecule has 3 aromatic carbocycles. The van der Waals surface area contributed by atoms with Crippen LogP contribution in [-0.2, 0) is 6.42 Å². The van der Waals surface area contributed by atoms with E-state index < -0.39 is 0 Å². The molecule has 0 aliphatic heterocycles. The van der Waals surface area contributed by atoms with Crippen LogP contribution in [0.3, 0.4) is 0 Å². The van der Waals surface area contributed by atoms with E-state index in [-0.39, 0.29) is 0 Å². The number of phenolic OH excluding ortho intramolecular Hbond substituents is 1. The summed E-state index contributed by atoms with van der Waals surface area (Å²) < 4.78 is 0. The Morgan fingerprint density at radius 2 is 1.41 bits per heavy atom. The van der Waals surface area contributed by atoms with Gasteiger partial charge in [0.2, 0.25) is 0 Å². The first-order valence-electron chi connectivity index (χ1n) is 9.84. The average molecular weight is 354 g/mol. The Morgan fingerprint density at radius 1 is 0.741 bits per heavy atom. The molecular formula is C26H26O. The molecule has 1 aliphatic carbocycles. The van der Waals surface area contributed by atoms with Crippen molar-refractivity contribution < 1.29 is 5.11 Å². The van der Waals surface area contributed by atoms with Crippen molar-refractivity contribution in [1.29, 1.82) is 0 Å². The zero-order valence-electron chi connectivity index (χ0n) is 16.1. The Labute approximate surface area is 162 Å². The lowest BCUT2D eigenvalue weighted by Crippen LogP contribution is -1.97. The lowest BCUT2D eigenvalue weighted by atomic mass is 9.87. The van der Waals surface area contributed by atoms with Gasteiger partial charge >= 0.3 is 0 Å². The summed E-state index contributed by atoms with van der Waals surface area (Å²) in [5, 5.41) is 9.72. The van der Waals surface area contributed by atoms with Crippen molar-refractivity contribution in [2.45, 2.75) is 39.0 Å². The molecule has 0 saturated carbocycles. The molecule has 3 aromatic rings. The van der Waals surface area contributed by atoms with E-state index >= 15 is 0 Å². The van der Waals surface area contributed by atoms with Crippen molar-refractivity contribution in [2.24, 2.45) is 0 Å². The number of allylic oxidation sites excluding steroid dienone is 1. The summed E-state index contributed by atoms with van der Waals surface area (Å²) in [6.45, 7) is 4.47. The van der Waals surface area contributed by atoms with Crippen LogP contribution in [0.2, 0.25) is 0 Å². The van der Waals surface area contributed by atoms with Gasteiger partial charge in [0.25, 0.3) is 0 Å². The zero-order valence-corrected chi connectivity index (χ0v) is 16.1. The molecule has 0 amide bonds. The van der Waals surface area contributed by atoms with E-state index in [0.717, 1.165) is 19.3 Å². The smallest absolute Gasteiger partial charge is 0.115 e. The number of benzene rings is 3. The number of hydrogen-bond acceptors (Lipinski definition) is 1. The lowest BCUT2D eigenvalue weighted by Gasteiger charge is -2.17. The molecule has 1 heteroatoms. The van der Waals surface area contributed by atoms with Gasteiger partial charge in [-0.1, -0.05) is 74.5 Å². The van der Waals surface area contributed by atoms with Gasteiger partial charge in [-0.15, -0.1) is 0 Å². The lowest BCUT2D eigenvalue weighted by molar-refractivity contribution is 0.475. The molecule has 0 saturated heterocycles. The molecule has 0 atom stereocenters. The summed E-state index contributed by atoms with van der Waals surface area (Å²) in [5.41, 5.74) is 9.32. The fourth-order valence-electron chi connectivity index (χ4n) is 4.04. The van der Waals surface area contributed by atoms with E-state index in [4.69, 9.17) is 0 Å². The largest absolute Gasteiger partial charge is 0.508 e. The van der Waals surface area contributed by atoms with Gasteiger partial charge in [0.05, 0.1) is 0 Å². The summed E-state index contributed by atoms with van der Waals surface area (Å²) in [4.78, 5) is 0. The van der Waals surface area contributed by atoms with Gasteiger partial charge in [-0.05, 0) is 76.3 Å². The van der Waals surface area contributed by atoms with Gasteiger partial charge in [-0.3, -0.25) is 0 Å². The van der Waals surface area contributed by atoms with Crippen LogP contribution in [0.25, 0.3) is 11.1 Å². The number of phenols is 1. The quantitative estimate of drug-likeness (QED) is 0.547. The number of hydrogen-bond donors (Lipinski definition) is 1. The van der Waals surface area contributed by atoms with Crippen molar-refractivity contribution in [3.05, 3.63) is 101 Å². The SMILES string of the molecule is CC(C)c1ccc(C2=C(c3ccc(O)cc3)CCCc3ccccc32)cc1. The number of aromatic hydroxyl groups is 1. The van der Waals surface area contributed by atoms with Gasteiger partial charge in [0.1, 0.15) is 5.75 Å². The van der Waals surface area contributed by atoms with Crippen LogP contribution in [0, 0.1) is 0 Å². The topological polar surface area (TPSA) is 20.2 Å². The predicted molar refractivity (Wildman–Crippen MR) is 114 cm³/mol. The van der Waals surface area contributed by atoms with Gasteiger partial charge in [-0.2, -0.15) is 0 Å². The molecule has 0 heterocycles. The fourth-order valence-corrected chi connectivity index (χ4v) is 4.04. The molecule has 0 fully saturated rings. The highest BCUT2D eigenvalue weighted by Crippen LogP contribution is 2.40. The maximum Gasteiger partial charge on any atom is 0.115 e. The first-order chi connectivity index (χ1) is 13.1. The van der Waals surface area contributed by atoms with Crippen molar-refractivity contribution in [3.63, 3.8) is 0 Å². The van der Waals surface area contributed by atoms with Crippen LogP contribution < -0.4 is 0 Å². The molecule has 136 valence electrons. The number of rotatable bonds is 3. The number of aryl methyl sites for hydroxylation is 1. The monoisotopic (exact) mass is 354 g/mol. The summed E-state index contributed by atoms with van der Waals surface area (Å²) >= 11 is 0. The van der Waals surface area contributed by atoms with Crippen LogP contribution in [0.15, 0.2) is 72.8 Å². The maximum atomic E-state index is 9.72. The van der Waals surface area contributed by atoms with E-state index in [9.17, 15) is 5.11 Å². The van der Waals surface area contributed by atoms with Crippen molar-refractivity contribution in [3.8, 4) is 5.75 Å². The molecule has 1 aliphatic rings. The van der Waals surface area contributed by atoms with Crippen LogP contribution in [-0.4, -0.2) is 5.11 Å². The molecule has 1 N–H and O–H groups in total. The van der Waals surface area contributed by atoms with Crippen molar-refractivity contribution in [1.82, 2.24) is 0 Å². The molecular weight excluding hydrogens is 328 g/mol. The third kappa shape index (κ3) is 3.55. The summed E-state index contributed by atoms with van der Waals surface area (Å²) in [7, 11) is 0. The Hall–Kier alpha value is -2.80. The Bertz CT molecular complexity index is 960. The molecule has 0 unspecified atom stereocenters. The predicted octanol–water partition coefficient (Wildman–Crippen LogP) is 6.81. The van der Waals surface area contributed by atoms with Crippen molar-refractivity contribution in [2.75, 3.05) is 0 Å². The maximum absolute atomic E-state index is 9.72. The minimum atomic E-state index is 0.316. The standard InChI is InChI=1S/C26H26O/c1-18(2)19-10-12-22(13-11-19)26-24-8-4-3-6-20(24)7-5-9-25(26)21-14-16-23(27)17-15-21/h3-4,6,8,10-18,27H,5,7,9H2,1-2H3.